The first-order valence-corrected chi connectivity index (χ1v) is 16.7. The highest BCUT2D eigenvalue weighted by molar-refractivity contribution is 7.87. The third kappa shape index (κ3) is 8.23. The van der Waals surface area contributed by atoms with Crippen molar-refractivity contribution in [2.24, 2.45) is 5.16 Å². The van der Waals surface area contributed by atoms with Crippen LogP contribution in [0.15, 0.2) is 107 Å². The van der Waals surface area contributed by atoms with Crippen molar-refractivity contribution in [2.75, 3.05) is 13.7 Å². The van der Waals surface area contributed by atoms with Crippen LogP contribution in [0.1, 0.15) is 20.7 Å². The van der Waals surface area contributed by atoms with Crippen molar-refractivity contribution in [1.29, 1.82) is 0 Å². The first-order chi connectivity index (χ1) is 23.0. The quantitative estimate of drug-likeness (QED) is 0.0416. The number of ether oxygens (including phenoxy) is 2. The summed E-state index contributed by atoms with van der Waals surface area (Å²) in [6, 6.07) is 25.9. The number of halogens is 4. The van der Waals surface area contributed by atoms with Crippen LogP contribution in [0.5, 0.6) is 0 Å². The summed E-state index contributed by atoms with van der Waals surface area (Å²) < 4.78 is 59.3. The molecule has 0 spiro atoms. The summed E-state index contributed by atoms with van der Waals surface area (Å²) in [6.45, 7) is -0.902. The number of rotatable bonds is 12. The normalized spacial score (nSPS) is 13.7. The van der Waals surface area contributed by atoms with E-state index in [1.165, 1.54) is 18.2 Å². The molecule has 0 saturated heterocycles. The Bertz CT molecular complexity index is 2130. The Hall–Kier alpha value is -4.26. The van der Waals surface area contributed by atoms with Crippen LogP contribution < -0.4 is 0 Å². The molecule has 248 valence electrons. The molecule has 0 aliphatic rings. The number of benzene rings is 5. The Morgan fingerprint density at radius 2 is 1.31 bits per heavy atom. The molecular formula is C34H25Cl3FNO8S. The van der Waals surface area contributed by atoms with Crippen LogP contribution in [0.3, 0.4) is 0 Å². The Morgan fingerprint density at radius 1 is 0.771 bits per heavy atom. The second-order valence-electron chi connectivity index (χ2n) is 10.3. The molecule has 0 saturated carbocycles. The minimum atomic E-state index is -4.90. The van der Waals surface area contributed by atoms with Crippen LogP contribution in [0, 0.1) is 0 Å². The summed E-state index contributed by atoms with van der Waals surface area (Å²) in [5, 5.41) is 5.94. The number of carbonyl (C=O) groups is 2. The summed E-state index contributed by atoms with van der Waals surface area (Å²) in [5.74, 6) is -1.92. The van der Waals surface area contributed by atoms with Crippen LogP contribution in [0.4, 0.5) is 4.39 Å². The number of alkyl halides is 1. The monoisotopic (exact) mass is 731 g/mol. The van der Waals surface area contributed by atoms with E-state index in [9.17, 15) is 18.0 Å². The fourth-order valence-electron chi connectivity index (χ4n) is 4.70. The van der Waals surface area contributed by atoms with Gasteiger partial charge in [-0.2, -0.15) is 8.42 Å². The van der Waals surface area contributed by atoms with Crippen molar-refractivity contribution in [1.82, 2.24) is 0 Å². The highest BCUT2D eigenvalue weighted by Crippen LogP contribution is 2.33. The van der Waals surface area contributed by atoms with Crippen molar-refractivity contribution in [3.05, 3.63) is 123 Å². The minimum absolute atomic E-state index is 0.0249. The molecule has 0 fully saturated rings. The summed E-state index contributed by atoms with van der Waals surface area (Å²) >= 11 is 18.2. The van der Waals surface area contributed by atoms with Gasteiger partial charge in [-0.25, -0.2) is 14.0 Å². The minimum Gasteiger partial charge on any atom is -0.459 e. The van der Waals surface area contributed by atoms with Gasteiger partial charge in [0.2, 0.25) is 0 Å². The number of hydrogen-bond donors (Lipinski definition) is 0. The molecule has 5 aromatic carbocycles. The van der Waals surface area contributed by atoms with Gasteiger partial charge in [-0.3, -0.25) is 4.18 Å². The molecule has 0 amide bonds. The fourth-order valence-corrected chi connectivity index (χ4v) is 6.75. The number of fused-ring (bicyclic) bond motifs is 2. The molecule has 0 aliphatic carbocycles. The van der Waals surface area contributed by atoms with E-state index >= 15 is 4.39 Å². The topological polar surface area (TPSA) is 118 Å². The third-order valence-electron chi connectivity index (χ3n) is 7.08. The molecule has 0 aliphatic heterocycles. The van der Waals surface area contributed by atoms with E-state index in [0.717, 1.165) is 35.4 Å². The summed E-state index contributed by atoms with van der Waals surface area (Å²) in [7, 11) is -3.75. The molecule has 14 heteroatoms. The highest BCUT2D eigenvalue weighted by atomic mass is 35.5. The average Bonchev–Trinajstić information content (AvgIpc) is 3.08. The lowest BCUT2D eigenvalue weighted by Crippen LogP contribution is -2.45. The van der Waals surface area contributed by atoms with E-state index in [2.05, 4.69) is 9.99 Å². The first kappa shape index (κ1) is 35.1. The Balaban J connectivity index is 1.50. The van der Waals surface area contributed by atoms with Gasteiger partial charge < -0.3 is 14.3 Å². The predicted molar refractivity (Wildman–Crippen MR) is 181 cm³/mol. The first-order valence-electron chi connectivity index (χ1n) is 14.1. The van der Waals surface area contributed by atoms with E-state index in [1.807, 2.05) is 24.3 Å². The molecule has 0 radical (unpaired) electrons. The largest absolute Gasteiger partial charge is 0.459 e. The van der Waals surface area contributed by atoms with Gasteiger partial charge in [-0.05, 0) is 57.9 Å². The zero-order valence-corrected chi connectivity index (χ0v) is 28.0. The van der Waals surface area contributed by atoms with E-state index in [0.29, 0.717) is 11.6 Å². The van der Waals surface area contributed by atoms with Gasteiger partial charge in [-0.1, -0.05) is 101 Å². The maximum atomic E-state index is 15.8. The van der Waals surface area contributed by atoms with Crippen LogP contribution >= 0.6 is 34.8 Å². The smallest absolute Gasteiger partial charge is 0.338 e. The molecule has 5 rings (SSSR count). The van der Waals surface area contributed by atoms with Crippen LogP contribution in [0.2, 0.25) is 15.1 Å². The molecule has 3 atom stereocenters. The van der Waals surface area contributed by atoms with Gasteiger partial charge in [0.25, 0.3) is 10.1 Å². The maximum Gasteiger partial charge on any atom is 0.338 e. The number of nitrogens with zero attached hydrogens (tertiary/aromatic N) is 1. The van der Waals surface area contributed by atoms with Gasteiger partial charge in [-0.15, -0.1) is 0 Å². The van der Waals surface area contributed by atoms with Gasteiger partial charge in [0.1, 0.15) is 18.6 Å². The fraction of sp³-hybridized carbons (Fsp3) is 0.147. The summed E-state index contributed by atoms with van der Waals surface area (Å²) in [5.41, 5.74) is 0.141. The van der Waals surface area contributed by atoms with E-state index in [4.69, 9.17) is 48.5 Å². The van der Waals surface area contributed by atoms with Crippen LogP contribution in [0.25, 0.3) is 21.5 Å². The number of oxime groups is 1. The number of hydrogen-bond acceptors (Lipinski definition) is 9. The Kier molecular flexibility index (Phi) is 11.2. The second-order valence-corrected chi connectivity index (χ2v) is 13.0. The van der Waals surface area contributed by atoms with Crippen molar-refractivity contribution in [3.63, 3.8) is 0 Å². The van der Waals surface area contributed by atoms with Crippen molar-refractivity contribution in [2.45, 2.75) is 23.3 Å². The summed E-state index contributed by atoms with van der Waals surface area (Å²) in [6.07, 6.45) is -5.71. The van der Waals surface area contributed by atoms with E-state index < -0.39 is 51.9 Å². The molecule has 5 aromatic rings. The van der Waals surface area contributed by atoms with Crippen molar-refractivity contribution in [3.8, 4) is 0 Å². The SMILES string of the molecule is CO/N=C\[C@@H](F)[C@H](OC(=O)c1ccc2ccccc2c1)[C@@H](COC(=O)c1ccc2ccccc2c1)OS(=O)(=O)c1cc(Cl)c(Cl)cc1Cl. The zero-order valence-electron chi connectivity index (χ0n) is 24.9. The van der Waals surface area contributed by atoms with Gasteiger partial charge >= 0.3 is 11.9 Å². The standard InChI is InChI=1S/C34H25Cl3FNO8S/c1-44-39-18-29(38)32(46-34(41)25-13-11-21-7-3-5-9-23(21)15-25)30(47-48(42,43)31-17-27(36)26(35)16-28(31)37)19-45-33(40)24-12-10-20-6-2-4-8-22(20)14-24/h2-18,29-30,32H,19H2,1H3/b39-18-/t29-,30-,32+/m1/s1. The molecular weight excluding hydrogens is 708 g/mol. The predicted octanol–water partition coefficient (Wildman–Crippen LogP) is 8.08. The lowest BCUT2D eigenvalue weighted by Gasteiger charge is -2.27. The maximum absolute atomic E-state index is 15.8. The third-order valence-corrected chi connectivity index (χ3v) is 9.60. The lowest BCUT2D eigenvalue weighted by molar-refractivity contribution is -0.0478. The Morgan fingerprint density at radius 3 is 1.90 bits per heavy atom. The van der Waals surface area contributed by atoms with Gasteiger partial charge in [0, 0.05) is 0 Å². The van der Waals surface area contributed by atoms with Gasteiger partial charge in [0.15, 0.2) is 18.4 Å². The molecule has 0 bridgehead atoms. The average molecular weight is 733 g/mol. The number of carbonyl (C=O) groups excluding carboxylic acids is 2. The number of esters is 2. The van der Waals surface area contributed by atoms with E-state index in [-0.39, 0.29) is 26.2 Å². The molecule has 9 nitrogen and oxygen atoms in total. The molecule has 48 heavy (non-hydrogen) atoms. The summed E-state index contributed by atoms with van der Waals surface area (Å²) in [4.78, 5) is 30.5. The van der Waals surface area contributed by atoms with Crippen LogP contribution in [-0.2, 0) is 28.6 Å². The van der Waals surface area contributed by atoms with Crippen molar-refractivity contribution < 1.29 is 40.9 Å². The lowest BCUT2D eigenvalue weighted by atomic mass is 10.1. The van der Waals surface area contributed by atoms with Gasteiger partial charge in [0.05, 0.1) is 32.4 Å². The molecule has 0 N–H and O–H groups in total. The molecule has 0 aromatic heterocycles. The second kappa shape index (κ2) is 15.3. The van der Waals surface area contributed by atoms with Crippen LogP contribution in [-0.4, -0.2) is 58.7 Å². The highest BCUT2D eigenvalue weighted by Gasteiger charge is 2.39. The zero-order chi connectivity index (χ0) is 34.4. The van der Waals surface area contributed by atoms with E-state index in [1.54, 1.807) is 42.5 Å². The van der Waals surface area contributed by atoms with Crippen molar-refractivity contribution >= 4 is 84.6 Å². The molecule has 0 unspecified atom stereocenters. The molecule has 0 heterocycles. The Labute approximate surface area is 289 Å².